The van der Waals surface area contributed by atoms with Crippen molar-refractivity contribution in [3.8, 4) is 0 Å². The maximum Gasteiger partial charge on any atom is 0.272 e. The number of thioether (sulfide) groups is 1. The second-order valence-corrected chi connectivity index (χ2v) is 11.3. The van der Waals surface area contributed by atoms with Crippen molar-refractivity contribution in [3.05, 3.63) is 129 Å². The van der Waals surface area contributed by atoms with E-state index in [0.29, 0.717) is 21.7 Å². The Kier molecular flexibility index (Phi) is 10.4. The molecule has 1 atom stereocenters. The molecule has 6 nitrogen and oxygen atoms in total. The predicted octanol–water partition coefficient (Wildman–Crippen LogP) is 7.53. The Morgan fingerprint density at radius 2 is 1.49 bits per heavy atom. The smallest absolute Gasteiger partial charge is 0.272 e. The first-order chi connectivity index (χ1) is 20.5. The van der Waals surface area contributed by atoms with E-state index in [1.807, 2.05) is 11.4 Å². The van der Waals surface area contributed by atoms with Gasteiger partial charge >= 0.3 is 0 Å². The molecule has 4 aromatic rings. The van der Waals surface area contributed by atoms with Crippen LogP contribution in [0.3, 0.4) is 0 Å². The highest BCUT2D eigenvalue weighted by atomic mass is 79.9. The zero-order chi connectivity index (χ0) is 31.1. The summed E-state index contributed by atoms with van der Waals surface area (Å²) in [5.41, 5.74) is 0.0494. The van der Waals surface area contributed by atoms with E-state index in [0.717, 1.165) is 16.2 Å². The minimum atomic E-state index is -1.72. The highest BCUT2D eigenvalue weighted by molar-refractivity contribution is 9.10. The van der Waals surface area contributed by atoms with Crippen LogP contribution in [0.2, 0.25) is 0 Å². The maximum absolute atomic E-state index is 14.0. The van der Waals surface area contributed by atoms with Crippen LogP contribution in [-0.2, 0) is 9.59 Å². The van der Waals surface area contributed by atoms with E-state index in [1.165, 1.54) is 13.0 Å². The van der Waals surface area contributed by atoms with Crippen LogP contribution in [0.15, 0.2) is 100.0 Å². The number of rotatable bonds is 9. The maximum atomic E-state index is 14.0. The molecule has 0 fully saturated rings. The van der Waals surface area contributed by atoms with Gasteiger partial charge in [-0.2, -0.15) is 0 Å². The molecule has 0 spiro atoms. The van der Waals surface area contributed by atoms with Gasteiger partial charge < -0.3 is 16.0 Å². The fourth-order valence-corrected chi connectivity index (χ4v) is 5.06. The van der Waals surface area contributed by atoms with Gasteiger partial charge in [-0.15, -0.1) is 11.8 Å². The minimum absolute atomic E-state index is 0.0378. The monoisotopic (exact) mass is 671 g/mol. The van der Waals surface area contributed by atoms with Crippen molar-refractivity contribution >= 4 is 62.9 Å². The van der Waals surface area contributed by atoms with E-state index in [4.69, 9.17) is 0 Å². The van der Waals surface area contributed by atoms with E-state index in [9.17, 15) is 31.9 Å². The predicted molar refractivity (Wildman–Crippen MR) is 161 cm³/mol. The van der Waals surface area contributed by atoms with Gasteiger partial charge in [-0.3, -0.25) is 14.4 Å². The number of hydrogen-bond donors (Lipinski definition) is 3. The van der Waals surface area contributed by atoms with Crippen molar-refractivity contribution in [2.75, 3.05) is 10.6 Å². The fourth-order valence-electron chi connectivity index (χ4n) is 3.72. The molecular formula is C31H22BrF4N3O3S. The average Bonchev–Trinajstić information content (AvgIpc) is 2.98. The summed E-state index contributed by atoms with van der Waals surface area (Å²) in [6.07, 6.45) is 1.51. The van der Waals surface area contributed by atoms with Crippen LogP contribution >= 0.6 is 27.7 Å². The molecular weight excluding hydrogens is 650 g/mol. The molecule has 0 saturated heterocycles. The molecule has 0 bridgehead atoms. The van der Waals surface area contributed by atoms with E-state index in [1.54, 1.807) is 72.8 Å². The first kappa shape index (κ1) is 31.5. The van der Waals surface area contributed by atoms with Crippen LogP contribution in [-0.4, -0.2) is 23.0 Å². The summed E-state index contributed by atoms with van der Waals surface area (Å²) in [5.74, 6) is -8.77. The van der Waals surface area contributed by atoms with Crippen LogP contribution in [0.1, 0.15) is 22.8 Å². The van der Waals surface area contributed by atoms with Crippen molar-refractivity contribution < 1.29 is 31.9 Å². The first-order valence-electron chi connectivity index (χ1n) is 12.6. The number of carbonyl (C=O) groups is 3. The van der Waals surface area contributed by atoms with Crippen LogP contribution in [0.5, 0.6) is 0 Å². The standard InChI is InChI=1S/C31H22BrF4N3O3S/c1-17(29(40)39-28-26(35)23(33)16-24(34)27(28)36)43-22-12-6-11-21(15-22)37-31(42)25(14-18-7-5-10-20(32)13-18)38-30(41)19-8-3-2-4-9-19/h2-17H,1H3,(H,37,42)(H,38,41)(H,39,40)/b25-14+. The number of nitrogens with one attached hydrogen (secondary N) is 3. The van der Waals surface area contributed by atoms with E-state index in [2.05, 4.69) is 26.6 Å². The van der Waals surface area contributed by atoms with Crippen LogP contribution < -0.4 is 16.0 Å². The minimum Gasteiger partial charge on any atom is -0.321 e. The summed E-state index contributed by atoms with van der Waals surface area (Å²) < 4.78 is 55.8. The van der Waals surface area contributed by atoms with Crippen molar-refractivity contribution in [3.63, 3.8) is 0 Å². The third-order valence-corrected chi connectivity index (χ3v) is 7.41. The molecule has 4 rings (SSSR count). The lowest BCUT2D eigenvalue weighted by molar-refractivity contribution is -0.115. The fraction of sp³-hybridized carbons (Fsp3) is 0.0645. The SMILES string of the molecule is CC(Sc1cccc(NC(=O)/C(=C\c2cccc(Br)c2)NC(=O)c2ccccc2)c1)C(=O)Nc1c(F)c(F)cc(F)c1F. The van der Waals surface area contributed by atoms with Gasteiger partial charge in [0, 0.05) is 26.7 Å². The van der Waals surface area contributed by atoms with Crippen LogP contribution in [0, 0.1) is 23.3 Å². The van der Waals surface area contributed by atoms with Gasteiger partial charge in [-0.05, 0) is 61.0 Å². The molecule has 220 valence electrons. The molecule has 43 heavy (non-hydrogen) atoms. The van der Waals surface area contributed by atoms with E-state index < -0.39 is 51.9 Å². The number of amides is 3. The van der Waals surface area contributed by atoms with Crippen molar-refractivity contribution in [2.45, 2.75) is 17.1 Å². The Labute approximate surface area is 256 Å². The second-order valence-electron chi connectivity index (χ2n) is 9.01. The van der Waals surface area contributed by atoms with Gasteiger partial charge in [-0.1, -0.05) is 52.3 Å². The lowest BCUT2D eigenvalue weighted by atomic mass is 10.1. The third-order valence-electron chi connectivity index (χ3n) is 5.82. The Hall–Kier alpha value is -4.42. The highest BCUT2D eigenvalue weighted by Gasteiger charge is 2.24. The quantitative estimate of drug-likeness (QED) is 0.0743. The van der Waals surface area contributed by atoms with Crippen molar-refractivity contribution in [1.82, 2.24) is 5.32 Å². The van der Waals surface area contributed by atoms with Crippen molar-refractivity contribution in [2.24, 2.45) is 0 Å². The Morgan fingerprint density at radius 3 is 2.16 bits per heavy atom. The molecule has 1 unspecified atom stereocenters. The third kappa shape index (κ3) is 8.33. The number of halogens is 5. The summed E-state index contributed by atoms with van der Waals surface area (Å²) in [6, 6.07) is 21.9. The van der Waals surface area contributed by atoms with Gasteiger partial charge in [-0.25, -0.2) is 17.6 Å². The van der Waals surface area contributed by atoms with Crippen LogP contribution in [0.25, 0.3) is 6.08 Å². The van der Waals surface area contributed by atoms with Gasteiger partial charge in [0.1, 0.15) is 11.4 Å². The largest absolute Gasteiger partial charge is 0.321 e. The van der Waals surface area contributed by atoms with Gasteiger partial charge in [0.05, 0.1) is 5.25 Å². The average molecular weight is 672 g/mol. The summed E-state index contributed by atoms with van der Waals surface area (Å²) in [7, 11) is 0. The zero-order valence-electron chi connectivity index (χ0n) is 22.3. The molecule has 3 N–H and O–H groups in total. The molecule has 0 radical (unpaired) electrons. The molecule has 0 aliphatic rings. The molecule has 12 heteroatoms. The van der Waals surface area contributed by atoms with Crippen LogP contribution in [0.4, 0.5) is 28.9 Å². The molecule has 0 heterocycles. The zero-order valence-corrected chi connectivity index (χ0v) is 24.7. The lowest BCUT2D eigenvalue weighted by Crippen LogP contribution is -2.30. The number of hydrogen-bond acceptors (Lipinski definition) is 4. The summed E-state index contributed by atoms with van der Waals surface area (Å²) in [5, 5.41) is 6.28. The van der Waals surface area contributed by atoms with E-state index >= 15 is 0 Å². The van der Waals surface area contributed by atoms with E-state index in [-0.39, 0.29) is 11.8 Å². The van der Waals surface area contributed by atoms with Gasteiger partial charge in [0.15, 0.2) is 23.3 Å². The molecule has 0 aromatic heterocycles. The van der Waals surface area contributed by atoms with Crippen molar-refractivity contribution in [1.29, 1.82) is 0 Å². The highest BCUT2D eigenvalue weighted by Crippen LogP contribution is 2.29. The van der Waals surface area contributed by atoms with Gasteiger partial charge in [0.25, 0.3) is 11.8 Å². The number of anilines is 2. The molecule has 0 aliphatic carbocycles. The second kappa shape index (κ2) is 14.2. The Balaban J connectivity index is 1.50. The lowest BCUT2D eigenvalue weighted by Gasteiger charge is -2.15. The van der Waals surface area contributed by atoms with Gasteiger partial charge in [0.2, 0.25) is 5.91 Å². The first-order valence-corrected chi connectivity index (χ1v) is 14.2. The number of benzene rings is 4. The normalized spacial score (nSPS) is 11.9. The molecule has 4 aromatic carbocycles. The summed E-state index contributed by atoms with van der Waals surface area (Å²) >= 11 is 4.35. The molecule has 0 saturated carbocycles. The topological polar surface area (TPSA) is 87.3 Å². The Morgan fingerprint density at radius 1 is 0.814 bits per heavy atom. The molecule has 0 aliphatic heterocycles. The molecule has 3 amide bonds. The Bertz CT molecular complexity index is 1690. The number of carbonyl (C=O) groups excluding carboxylic acids is 3. The summed E-state index contributed by atoms with van der Waals surface area (Å²) in [4.78, 5) is 39.2. The summed E-state index contributed by atoms with van der Waals surface area (Å²) in [6.45, 7) is 1.43.